The molecular formula is C15H13FN2O. The lowest BCUT2D eigenvalue weighted by Crippen LogP contribution is -2.26. The molecule has 19 heavy (non-hydrogen) atoms. The molecule has 0 bridgehead atoms. The molecule has 3 rings (SSSR count). The molecule has 0 atom stereocenters. The van der Waals surface area contributed by atoms with Crippen LogP contribution in [0.4, 0.5) is 15.8 Å². The normalized spacial score (nSPS) is 13.7. The second-order valence-corrected chi connectivity index (χ2v) is 4.63. The van der Waals surface area contributed by atoms with Crippen LogP contribution in [-0.4, -0.2) is 5.91 Å². The highest BCUT2D eigenvalue weighted by Crippen LogP contribution is 2.30. The van der Waals surface area contributed by atoms with Crippen LogP contribution >= 0.6 is 0 Å². The van der Waals surface area contributed by atoms with Gasteiger partial charge in [-0.05, 0) is 35.4 Å². The fourth-order valence-corrected chi connectivity index (χ4v) is 2.37. The van der Waals surface area contributed by atoms with Crippen LogP contribution in [0.25, 0.3) is 0 Å². The first-order valence-electron chi connectivity index (χ1n) is 6.07. The zero-order valence-corrected chi connectivity index (χ0v) is 10.3. The Morgan fingerprint density at radius 2 is 2.00 bits per heavy atom. The number of nitrogen functional groups attached to an aromatic ring is 1. The van der Waals surface area contributed by atoms with E-state index in [1.807, 2.05) is 24.3 Å². The highest BCUT2D eigenvalue weighted by Gasteiger charge is 2.27. The number of halogens is 1. The van der Waals surface area contributed by atoms with Gasteiger partial charge >= 0.3 is 0 Å². The van der Waals surface area contributed by atoms with Crippen LogP contribution in [0, 0.1) is 5.82 Å². The first-order chi connectivity index (χ1) is 9.15. The topological polar surface area (TPSA) is 46.3 Å². The van der Waals surface area contributed by atoms with Gasteiger partial charge in [-0.15, -0.1) is 0 Å². The van der Waals surface area contributed by atoms with Crippen molar-refractivity contribution < 1.29 is 9.18 Å². The molecule has 1 aliphatic rings. The molecule has 2 N–H and O–H groups in total. The summed E-state index contributed by atoms with van der Waals surface area (Å²) in [6, 6.07) is 11.8. The number of amides is 1. The molecule has 0 unspecified atom stereocenters. The molecule has 0 spiro atoms. The molecule has 4 heteroatoms. The summed E-state index contributed by atoms with van der Waals surface area (Å²) in [5, 5.41) is 0. The van der Waals surface area contributed by atoms with Crippen LogP contribution in [0.2, 0.25) is 0 Å². The maximum absolute atomic E-state index is 13.3. The zero-order valence-electron chi connectivity index (χ0n) is 10.3. The number of nitrogens with zero attached hydrogens (tertiary/aromatic N) is 1. The molecule has 0 fully saturated rings. The number of hydrogen-bond donors (Lipinski definition) is 1. The first kappa shape index (κ1) is 11.7. The third-order valence-corrected chi connectivity index (χ3v) is 3.36. The summed E-state index contributed by atoms with van der Waals surface area (Å²) in [5.74, 6) is -0.325. The second-order valence-electron chi connectivity index (χ2n) is 4.63. The summed E-state index contributed by atoms with van der Waals surface area (Å²) in [4.78, 5) is 13.7. The van der Waals surface area contributed by atoms with Gasteiger partial charge in [-0.25, -0.2) is 4.39 Å². The third kappa shape index (κ3) is 2.05. The molecule has 2 aromatic carbocycles. The number of carbonyl (C=O) groups is 1. The Morgan fingerprint density at radius 3 is 2.84 bits per heavy atom. The molecule has 2 aromatic rings. The molecule has 1 amide bonds. The van der Waals surface area contributed by atoms with Gasteiger partial charge in [0.1, 0.15) is 5.82 Å². The highest BCUT2D eigenvalue weighted by molar-refractivity contribution is 6.01. The van der Waals surface area contributed by atoms with Crippen LogP contribution in [0.3, 0.4) is 0 Å². The minimum absolute atomic E-state index is 0.0184. The average molecular weight is 256 g/mol. The van der Waals surface area contributed by atoms with Crippen molar-refractivity contribution in [1.82, 2.24) is 0 Å². The standard InChI is InChI=1S/C15H13FN2O/c16-12-5-6-13(17)11(7-12)9-18-14-4-2-1-3-10(14)8-15(18)19/h1-7H,8-9,17H2. The number of carbonyl (C=O) groups excluding carboxylic acids is 1. The summed E-state index contributed by atoms with van der Waals surface area (Å²) < 4.78 is 13.3. The molecular weight excluding hydrogens is 243 g/mol. The Labute approximate surface area is 110 Å². The summed E-state index contributed by atoms with van der Waals surface area (Å²) in [6.45, 7) is 0.305. The summed E-state index contributed by atoms with van der Waals surface area (Å²) in [6.07, 6.45) is 0.394. The number of anilines is 2. The Hall–Kier alpha value is -2.36. The summed E-state index contributed by atoms with van der Waals surface area (Å²) >= 11 is 0. The van der Waals surface area contributed by atoms with Gasteiger partial charge in [0.15, 0.2) is 0 Å². The lowest BCUT2D eigenvalue weighted by molar-refractivity contribution is -0.117. The van der Waals surface area contributed by atoms with Crippen molar-refractivity contribution in [2.75, 3.05) is 10.6 Å². The van der Waals surface area contributed by atoms with E-state index < -0.39 is 0 Å². The maximum atomic E-state index is 13.3. The number of rotatable bonds is 2. The van der Waals surface area contributed by atoms with Gasteiger partial charge in [0.2, 0.25) is 5.91 Å². The minimum Gasteiger partial charge on any atom is -0.398 e. The third-order valence-electron chi connectivity index (χ3n) is 3.36. The van der Waals surface area contributed by atoms with Crippen LogP contribution < -0.4 is 10.6 Å². The van der Waals surface area contributed by atoms with Gasteiger partial charge < -0.3 is 10.6 Å². The molecule has 0 saturated heterocycles. The van der Waals surface area contributed by atoms with E-state index in [0.29, 0.717) is 24.2 Å². The van der Waals surface area contributed by atoms with E-state index in [1.165, 1.54) is 18.2 Å². The largest absolute Gasteiger partial charge is 0.398 e. The first-order valence-corrected chi connectivity index (χ1v) is 6.07. The van der Waals surface area contributed by atoms with E-state index in [0.717, 1.165) is 11.3 Å². The number of para-hydroxylation sites is 1. The van der Waals surface area contributed by atoms with E-state index in [9.17, 15) is 9.18 Å². The molecule has 0 radical (unpaired) electrons. The van der Waals surface area contributed by atoms with Crippen LogP contribution in [-0.2, 0) is 17.8 Å². The predicted molar refractivity (Wildman–Crippen MR) is 72.1 cm³/mol. The van der Waals surface area contributed by atoms with E-state index in [2.05, 4.69) is 0 Å². The van der Waals surface area contributed by atoms with Gasteiger partial charge in [0.25, 0.3) is 0 Å². The SMILES string of the molecule is Nc1ccc(F)cc1CN1C(=O)Cc2ccccc21. The lowest BCUT2D eigenvalue weighted by atomic mass is 10.1. The predicted octanol–water partition coefficient (Wildman–Crippen LogP) is 2.50. The fourth-order valence-electron chi connectivity index (χ4n) is 2.37. The Bertz CT molecular complexity index is 654. The van der Waals surface area contributed by atoms with E-state index in [4.69, 9.17) is 5.73 Å². The Kier molecular flexibility index (Phi) is 2.71. The molecule has 1 heterocycles. The lowest BCUT2D eigenvalue weighted by Gasteiger charge is -2.18. The number of hydrogen-bond acceptors (Lipinski definition) is 2. The Morgan fingerprint density at radius 1 is 1.21 bits per heavy atom. The van der Waals surface area contributed by atoms with E-state index in [-0.39, 0.29) is 11.7 Å². The zero-order chi connectivity index (χ0) is 13.4. The maximum Gasteiger partial charge on any atom is 0.231 e. The minimum atomic E-state index is -0.343. The van der Waals surface area contributed by atoms with Crippen LogP contribution in [0.1, 0.15) is 11.1 Å². The number of nitrogens with two attached hydrogens (primary N) is 1. The van der Waals surface area contributed by atoms with Gasteiger partial charge in [0.05, 0.1) is 13.0 Å². The molecule has 1 aliphatic heterocycles. The van der Waals surface area contributed by atoms with Gasteiger partial charge in [-0.1, -0.05) is 18.2 Å². The smallest absolute Gasteiger partial charge is 0.231 e. The van der Waals surface area contributed by atoms with Gasteiger partial charge in [0, 0.05) is 11.4 Å². The summed E-state index contributed by atoms with van der Waals surface area (Å²) in [5.41, 5.74) is 8.84. The molecule has 0 aliphatic carbocycles. The molecule has 96 valence electrons. The van der Waals surface area contributed by atoms with Crippen molar-refractivity contribution in [2.45, 2.75) is 13.0 Å². The van der Waals surface area contributed by atoms with Crippen LogP contribution in [0.5, 0.6) is 0 Å². The quantitative estimate of drug-likeness (QED) is 0.839. The van der Waals surface area contributed by atoms with E-state index >= 15 is 0 Å². The van der Waals surface area contributed by atoms with Crippen molar-refractivity contribution in [3.63, 3.8) is 0 Å². The van der Waals surface area contributed by atoms with Gasteiger partial charge in [-0.3, -0.25) is 4.79 Å². The van der Waals surface area contributed by atoms with Crippen molar-refractivity contribution in [3.05, 3.63) is 59.4 Å². The van der Waals surface area contributed by atoms with Crippen molar-refractivity contribution in [2.24, 2.45) is 0 Å². The average Bonchev–Trinajstić information content (AvgIpc) is 2.71. The fraction of sp³-hybridized carbons (Fsp3) is 0.133. The number of fused-ring (bicyclic) bond motifs is 1. The van der Waals surface area contributed by atoms with Crippen molar-refractivity contribution in [1.29, 1.82) is 0 Å². The monoisotopic (exact) mass is 256 g/mol. The highest BCUT2D eigenvalue weighted by atomic mass is 19.1. The van der Waals surface area contributed by atoms with E-state index in [1.54, 1.807) is 4.90 Å². The number of benzene rings is 2. The van der Waals surface area contributed by atoms with Gasteiger partial charge in [-0.2, -0.15) is 0 Å². The van der Waals surface area contributed by atoms with Crippen LogP contribution in [0.15, 0.2) is 42.5 Å². The summed E-state index contributed by atoms with van der Waals surface area (Å²) in [7, 11) is 0. The molecule has 0 aromatic heterocycles. The van der Waals surface area contributed by atoms with Crippen molar-refractivity contribution >= 4 is 17.3 Å². The molecule has 0 saturated carbocycles. The Balaban J connectivity index is 1.95. The molecule has 3 nitrogen and oxygen atoms in total. The second kappa shape index (κ2) is 4.39. The van der Waals surface area contributed by atoms with Crippen molar-refractivity contribution in [3.8, 4) is 0 Å².